The lowest BCUT2D eigenvalue weighted by molar-refractivity contribution is 0.102. The van der Waals surface area contributed by atoms with Crippen LogP contribution in [0.5, 0.6) is 0 Å². The summed E-state index contributed by atoms with van der Waals surface area (Å²) < 4.78 is 1.84. The van der Waals surface area contributed by atoms with Crippen LogP contribution in [0.25, 0.3) is 27.7 Å². The summed E-state index contributed by atoms with van der Waals surface area (Å²) in [5, 5.41) is 9.96. The lowest BCUT2D eigenvalue weighted by atomic mass is 10.0. The molecule has 1 aromatic heterocycles. The molecule has 0 atom stereocenters. The Balaban J connectivity index is 1.62. The number of fused-ring (bicyclic) bond motifs is 1. The lowest BCUT2D eigenvalue weighted by Gasteiger charge is -2.10. The molecular weight excluding hydrogens is 394 g/mol. The van der Waals surface area contributed by atoms with Crippen LogP contribution in [0.1, 0.15) is 21.6 Å². The van der Waals surface area contributed by atoms with Crippen molar-refractivity contribution in [1.82, 2.24) is 9.78 Å². The third-order valence-corrected chi connectivity index (χ3v) is 5.77. The number of hydrogen-bond acceptors (Lipinski definition) is 2. The molecule has 1 N–H and O–H groups in total. The van der Waals surface area contributed by atoms with Gasteiger partial charge in [0.25, 0.3) is 5.91 Å². The van der Waals surface area contributed by atoms with Crippen LogP contribution in [0.15, 0.2) is 97.1 Å². The number of aryl methyl sites for hydroxylation is 2. The number of benzene rings is 4. The Bertz CT molecular complexity index is 1430. The summed E-state index contributed by atoms with van der Waals surface area (Å²) in [5.74, 6) is -0.232. The van der Waals surface area contributed by atoms with E-state index in [1.165, 1.54) is 5.56 Å². The minimum Gasteiger partial charge on any atom is -0.321 e. The van der Waals surface area contributed by atoms with Crippen molar-refractivity contribution in [2.75, 3.05) is 5.32 Å². The number of nitrogens with one attached hydrogen (secondary N) is 1. The number of carbonyl (C=O) groups is 1. The van der Waals surface area contributed by atoms with Gasteiger partial charge in [-0.2, -0.15) is 5.10 Å². The molecule has 4 heteroatoms. The minimum atomic E-state index is -0.232. The summed E-state index contributed by atoms with van der Waals surface area (Å²) in [7, 11) is 0. The fraction of sp³-hybridized carbons (Fsp3) is 0.0714. The number of nitrogens with zero attached hydrogens (tertiary/aromatic N) is 2. The molecule has 0 radical (unpaired) electrons. The summed E-state index contributed by atoms with van der Waals surface area (Å²) in [6, 6.07) is 32.1. The number of carbonyl (C=O) groups excluding carboxylic acids is 1. The molecule has 32 heavy (non-hydrogen) atoms. The van der Waals surface area contributed by atoms with E-state index in [9.17, 15) is 4.79 Å². The smallest absolute Gasteiger partial charge is 0.276 e. The largest absolute Gasteiger partial charge is 0.321 e. The molecule has 5 rings (SSSR count). The van der Waals surface area contributed by atoms with Crippen LogP contribution in [-0.4, -0.2) is 15.7 Å². The van der Waals surface area contributed by atoms with Crippen molar-refractivity contribution in [2.45, 2.75) is 13.8 Å². The van der Waals surface area contributed by atoms with Crippen LogP contribution in [0.3, 0.4) is 0 Å². The fourth-order valence-corrected chi connectivity index (χ4v) is 3.91. The highest BCUT2D eigenvalue weighted by molar-refractivity contribution is 6.04. The zero-order valence-corrected chi connectivity index (χ0v) is 18.0. The van der Waals surface area contributed by atoms with Crippen LogP contribution in [0.2, 0.25) is 0 Å². The predicted octanol–water partition coefficient (Wildman–Crippen LogP) is 6.56. The number of hydrogen-bond donors (Lipinski definition) is 1. The van der Waals surface area contributed by atoms with Gasteiger partial charge >= 0.3 is 0 Å². The highest BCUT2D eigenvalue weighted by Crippen LogP contribution is 2.31. The summed E-state index contributed by atoms with van der Waals surface area (Å²) in [4.78, 5) is 13.1. The van der Waals surface area contributed by atoms with Crippen molar-refractivity contribution in [3.8, 4) is 16.9 Å². The first-order valence-corrected chi connectivity index (χ1v) is 10.6. The van der Waals surface area contributed by atoms with Gasteiger partial charge in [-0.3, -0.25) is 4.79 Å². The van der Waals surface area contributed by atoms with Crippen molar-refractivity contribution in [3.63, 3.8) is 0 Å². The third kappa shape index (κ3) is 3.67. The highest BCUT2D eigenvalue weighted by Gasteiger charge is 2.18. The average Bonchev–Trinajstić information content (AvgIpc) is 3.27. The Labute approximate surface area is 187 Å². The molecule has 4 nitrogen and oxygen atoms in total. The van der Waals surface area contributed by atoms with Crippen molar-refractivity contribution in [1.29, 1.82) is 0 Å². The van der Waals surface area contributed by atoms with Crippen molar-refractivity contribution in [2.24, 2.45) is 0 Å². The van der Waals surface area contributed by atoms with Gasteiger partial charge in [-0.25, -0.2) is 4.68 Å². The molecule has 5 aromatic rings. The summed E-state index contributed by atoms with van der Waals surface area (Å²) in [5.41, 5.74) is 6.27. The monoisotopic (exact) mass is 417 g/mol. The maximum absolute atomic E-state index is 13.1. The molecule has 1 amide bonds. The van der Waals surface area contributed by atoms with E-state index in [0.717, 1.165) is 39.0 Å². The lowest BCUT2D eigenvalue weighted by Crippen LogP contribution is -2.13. The minimum absolute atomic E-state index is 0.232. The fourth-order valence-electron chi connectivity index (χ4n) is 3.91. The van der Waals surface area contributed by atoms with Gasteiger partial charge in [0, 0.05) is 11.3 Å². The SMILES string of the molecule is Cc1ccc(NC(=O)c2cc(-c3cccc4ccccc34)n(-c3ccccc3)n2)cc1C. The quantitative estimate of drug-likeness (QED) is 0.360. The maximum atomic E-state index is 13.1. The summed E-state index contributed by atoms with van der Waals surface area (Å²) >= 11 is 0. The molecule has 0 saturated heterocycles. The van der Waals surface area contributed by atoms with Gasteiger partial charge in [-0.05, 0) is 66.1 Å². The van der Waals surface area contributed by atoms with Gasteiger partial charge in [0.1, 0.15) is 0 Å². The number of amides is 1. The maximum Gasteiger partial charge on any atom is 0.276 e. The molecular formula is C28H23N3O. The summed E-state index contributed by atoms with van der Waals surface area (Å²) in [6.45, 7) is 4.09. The first kappa shape index (κ1) is 19.8. The van der Waals surface area contributed by atoms with E-state index in [0.29, 0.717) is 5.69 Å². The van der Waals surface area contributed by atoms with Crippen molar-refractivity contribution in [3.05, 3.63) is 114 Å². The van der Waals surface area contributed by atoms with E-state index in [4.69, 9.17) is 5.10 Å². The highest BCUT2D eigenvalue weighted by atomic mass is 16.1. The molecule has 0 saturated carbocycles. The van der Waals surface area contributed by atoms with Gasteiger partial charge in [0.15, 0.2) is 5.69 Å². The predicted molar refractivity (Wildman–Crippen MR) is 130 cm³/mol. The number of aromatic nitrogens is 2. The van der Waals surface area contributed by atoms with Gasteiger partial charge in [0.05, 0.1) is 11.4 Å². The van der Waals surface area contributed by atoms with Crippen LogP contribution >= 0.6 is 0 Å². The van der Waals surface area contributed by atoms with E-state index >= 15 is 0 Å². The normalized spacial score (nSPS) is 10.9. The molecule has 0 bridgehead atoms. The first-order chi connectivity index (χ1) is 15.6. The Hall–Kier alpha value is -4.18. The van der Waals surface area contributed by atoms with Gasteiger partial charge in [-0.15, -0.1) is 0 Å². The van der Waals surface area contributed by atoms with Gasteiger partial charge < -0.3 is 5.32 Å². The molecule has 0 aliphatic heterocycles. The van der Waals surface area contributed by atoms with E-state index in [1.807, 2.05) is 84.4 Å². The topological polar surface area (TPSA) is 46.9 Å². The zero-order chi connectivity index (χ0) is 22.1. The van der Waals surface area contributed by atoms with E-state index < -0.39 is 0 Å². The number of anilines is 1. The van der Waals surface area contributed by atoms with Crippen LogP contribution in [-0.2, 0) is 0 Å². The number of rotatable bonds is 4. The van der Waals surface area contributed by atoms with Gasteiger partial charge in [-0.1, -0.05) is 66.7 Å². The second-order valence-corrected chi connectivity index (χ2v) is 7.94. The first-order valence-electron chi connectivity index (χ1n) is 10.6. The van der Waals surface area contributed by atoms with Gasteiger partial charge in [0.2, 0.25) is 0 Å². The average molecular weight is 418 g/mol. The van der Waals surface area contributed by atoms with Crippen molar-refractivity contribution < 1.29 is 4.79 Å². The molecule has 0 aliphatic carbocycles. The molecule has 0 spiro atoms. The van der Waals surface area contributed by atoms with E-state index in [1.54, 1.807) is 0 Å². The summed E-state index contributed by atoms with van der Waals surface area (Å²) in [6.07, 6.45) is 0. The zero-order valence-electron chi connectivity index (χ0n) is 18.0. The Morgan fingerprint density at radius 3 is 2.34 bits per heavy atom. The molecule has 4 aromatic carbocycles. The second-order valence-electron chi connectivity index (χ2n) is 7.94. The molecule has 1 heterocycles. The van der Waals surface area contributed by atoms with Crippen LogP contribution in [0.4, 0.5) is 5.69 Å². The third-order valence-electron chi connectivity index (χ3n) is 5.77. The second kappa shape index (κ2) is 8.16. The molecule has 0 unspecified atom stereocenters. The van der Waals surface area contributed by atoms with Crippen LogP contribution < -0.4 is 5.32 Å². The Kier molecular flexibility index (Phi) is 5.04. The van der Waals surface area contributed by atoms with Crippen molar-refractivity contribution >= 4 is 22.4 Å². The molecule has 0 fully saturated rings. The van der Waals surface area contributed by atoms with Crippen LogP contribution in [0, 0.1) is 13.8 Å². The van der Waals surface area contributed by atoms with E-state index in [-0.39, 0.29) is 5.91 Å². The van der Waals surface area contributed by atoms with E-state index in [2.05, 4.69) is 36.5 Å². The standard InChI is InChI=1S/C28H23N3O/c1-19-15-16-22(17-20(19)2)29-28(32)26-18-27(31(30-26)23-11-4-3-5-12-23)25-14-8-10-21-9-6-7-13-24(21)25/h3-18H,1-2H3,(H,29,32). The molecule has 0 aliphatic rings. The number of para-hydroxylation sites is 1. The Morgan fingerprint density at radius 2 is 1.53 bits per heavy atom. The molecule has 156 valence electrons. The Morgan fingerprint density at radius 1 is 0.781 bits per heavy atom.